The van der Waals surface area contributed by atoms with Crippen molar-refractivity contribution >= 4 is 0 Å². The largest absolute Gasteiger partial charge is 0.573 e. The molecule has 0 aliphatic rings. The number of halogens is 5. The molecule has 0 N–H and O–H groups in total. The minimum absolute atomic E-state index is 0.146. The quantitative estimate of drug-likeness (QED) is 0.777. The lowest BCUT2D eigenvalue weighted by Crippen LogP contribution is -2.17. The van der Waals surface area contributed by atoms with Gasteiger partial charge in [-0.3, -0.25) is 0 Å². The predicted octanol–water partition coefficient (Wildman–Crippen LogP) is 4.46. The standard InChI is InChI=1S/C13H6F5O2/c14-10-5-2-6-11(12(10)15)19-8-3-1-4-9(7-8)20-13(16,17)18/h1-3,5-7H. The summed E-state index contributed by atoms with van der Waals surface area (Å²) in [5, 5.41) is 0. The van der Waals surface area contributed by atoms with Crippen LogP contribution in [0.1, 0.15) is 0 Å². The smallest absolute Gasteiger partial charge is 0.454 e. The van der Waals surface area contributed by atoms with E-state index in [0.717, 1.165) is 24.3 Å². The Labute approximate surface area is 110 Å². The Morgan fingerprint density at radius 2 is 1.80 bits per heavy atom. The summed E-state index contributed by atoms with van der Waals surface area (Å²) in [6.07, 6.45) is -4.88. The van der Waals surface area contributed by atoms with Gasteiger partial charge >= 0.3 is 6.36 Å². The molecule has 1 radical (unpaired) electrons. The average molecular weight is 289 g/mol. The third-order valence-corrected chi connectivity index (χ3v) is 2.12. The van der Waals surface area contributed by atoms with E-state index in [1.165, 1.54) is 12.1 Å². The SMILES string of the molecule is Fc1cccc(Oc2cc[c]c(OC(F)(F)F)c2)c1F. The maximum absolute atomic E-state index is 13.3. The highest BCUT2D eigenvalue weighted by atomic mass is 19.4. The molecule has 0 saturated heterocycles. The van der Waals surface area contributed by atoms with Crippen LogP contribution in [0.25, 0.3) is 0 Å². The van der Waals surface area contributed by atoms with Crippen LogP contribution in [-0.2, 0) is 0 Å². The first-order chi connectivity index (χ1) is 9.35. The van der Waals surface area contributed by atoms with Gasteiger partial charge < -0.3 is 9.47 Å². The Bertz CT molecular complexity index is 610. The molecular weight excluding hydrogens is 283 g/mol. The van der Waals surface area contributed by atoms with E-state index in [9.17, 15) is 22.0 Å². The monoisotopic (exact) mass is 289 g/mol. The second-order valence-corrected chi connectivity index (χ2v) is 3.59. The van der Waals surface area contributed by atoms with Crippen LogP contribution in [0.4, 0.5) is 22.0 Å². The Balaban J connectivity index is 2.22. The Morgan fingerprint density at radius 3 is 2.50 bits per heavy atom. The topological polar surface area (TPSA) is 18.5 Å². The molecule has 105 valence electrons. The lowest BCUT2D eigenvalue weighted by Gasteiger charge is -2.10. The molecule has 0 aliphatic heterocycles. The van der Waals surface area contributed by atoms with Crippen LogP contribution >= 0.6 is 0 Å². The molecule has 7 heteroatoms. The van der Waals surface area contributed by atoms with E-state index in [1.54, 1.807) is 0 Å². The first kappa shape index (κ1) is 14.1. The minimum atomic E-state index is -4.88. The normalized spacial score (nSPS) is 11.2. The van der Waals surface area contributed by atoms with Crippen molar-refractivity contribution in [1.82, 2.24) is 0 Å². The molecule has 2 nitrogen and oxygen atoms in total. The van der Waals surface area contributed by atoms with Gasteiger partial charge in [0.1, 0.15) is 11.5 Å². The van der Waals surface area contributed by atoms with Gasteiger partial charge in [-0.05, 0) is 24.3 Å². The molecule has 0 spiro atoms. The maximum Gasteiger partial charge on any atom is 0.573 e. The summed E-state index contributed by atoms with van der Waals surface area (Å²) in [5.74, 6) is -3.61. The fraction of sp³-hybridized carbons (Fsp3) is 0.0769. The van der Waals surface area contributed by atoms with Gasteiger partial charge in [0.15, 0.2) is 11.6 Å². The van der Waals surface area contributed by atoms with Crippen molar-refractivity contribution in [1.29, 1.82) is 0 Å². The fourth-order valence-corrected chi connectivity index (χ4v) is 1.36. The van der Waals surface area contributed by atoms with Crippen molar-refractivity contribution in [2.24, 2.45) is 0 Å². The number of alkyl halides is 3. The lowest BCUT2D eigenvalue weighted by atomic mass is 10.3. The maximum atomic E-state index is 13.3. The summed E-state index contributed by atoms with van der Waals surface area (Å²) in [4.78, 5) is 0. The van der Waals surface area contributed by atoms with Crippen LogP contribution < -0.4 is 9.47 Å². The Kier molecular flexibility index (Phi) is 3.78. The predicted molar refractivity (Wildman–Crippen MR) is 58.4 cm³/mol. The third-order valence-electron chi connectivity index (χ3n) is 2.12. The number of hydrogen-bond donors (Lipinski definition) is 0. The number of ether oxygens (including phenoxy) is 2. The van der Waals surface area contributed by atoms with Gasteiger partial charge in [0.2, 0.25) is 5.82 Å². The highest BCUT2D eigenvalue weighted by Crippen LogP contribution is 2.30. The van der Waals surface area contributed by atoms with E-state index in [-0.39, 0.29) is 5.75 Å². The number of hydrogen-bond acceptors (Lipinski definition) is 2. The van der Waals surface area contributed by atoms with Crippen LogP contribution in [0.5, 0.6) is 17.2 Å². The Morgan fingerprint density at radius 1 is 1.05 bits per heavy atom. The first-order valence-corrected chi connectivity index (χ1v) is 5.24. The summed E-state index contributed by atoms with van der Waals surface area (Å²) in [6.45, 7) is 0. The zero-order valence-corrected chi connectivity index (χ0v) is 9.67. The number of rotatable bonds is 3. The van der Waals surface area contributed by atoms with Gasteiger partial charge in [0.05, 0.1) is 0 Å². The summed E-state index contributed by atoms with van der Waals surface area (Å²) in [7, 11) is 0. The lowest BCUT2D eigenvalue weighted by molar-refractivity contribution is -0.274. The van der Waals surface area contributed by atoms with Gasteiger partial charge in [0.25, 0.3) is 0 Å². The molecule has 0 saturated carbocycles. The second-order valence-electron chi connectivity index (χ2n) is 3.59. The van der Waals surface area contributed by atoms with Crippen molar-refractivity contribution in [3.8, 4) is 17.2 Å². The molecule has 0 bridgehead atoms. The van der Waals surface area contributed by atoms with Crippen LogP contribution in [0.3, 0.4) is 0 Å². The van der Waals surface area contributed by atoms with Crippen molar-refractivity contribution in [3.05, 3.63) is 54.1 Å². The molecule has 0 aromatic heterocycles. The highest BCUT2D eigenvalue weighted by Gasteiger charge is 2.31. The minimum Gasteiger partial charge on any atom is -0.454 e. The van der Waals surface area contributed by atoms with Gasteiger partial charge in [0, 0.05) is 12.1 Å². The van der Waals surface area contributed by atoms with E-state index < -0.39 is 29.5 Å². The zero-order valence-electron chi connectivity index (χ0n) is 9.67. The zero-order chi connectivity index (χ0) is 14.8. The molecule has 0 fully saturated rings. The van der Waals surface area contributed by atoms with Crippen molar-refractivity contribution in [2.75, 3.05) is 0 Å². The van der Waals surface area contributed by atoms with E-state index in [1.807, 2.05) is 0 Å². The molecule has 20 heavy (non-hydrogen) atoms. The molecule has 2 aromatic carbocycles. The third kappa shape index (κ3) is 3.59. The van der Waals surface area contributed by atoms with Gasteiger partial charge in [-0.25, -0.2) is 4.39 Å². The molecule has 0 aliphatic carbocycles. The molecule has 0 atom stereocenters. The van der Waals surface area contributed by atoms with E-state index in [4.69, 9.17) is 4.74 Å². The average Bonchev–Trinajstić information content (AvgIpc) is 2.33. The van der Waals surface area contributed by atoms with E-state index >= 15 is 0 Å². The summed E-state index contributed by atoms with van der Waals surface area (Å²) in [5.41, 5.74) is 0. The molecule has 0 amide bonds. The van der Waals surface area contributed by atoms with Crippen molar-refractivity contribution in [3.63, 3.8) is 0 Å². The van der Waals surface area contributed by atoms with Gasteiger partial charge in [-0.1, -0.05) is 6.07 Å². The van der Waals surface area contributed by atoms with Crippen LogP contribution in [0.15, 0.2) is 36.4 Å². The fourth-order valence-electron chi connectivity index (χ4n) is 1.36. The van der Waals surface area contributed by atoms with E-state index in [0.29, 0.717) is 0 Å². The van der Waals surface area contributed by atoms with Crippen molar-refractivity contribution in [2.45, 2.75) is 6.36 Å². The van der Waals surface area contributed by atoms with Crippen molar-refractivity contribution < 1.29 is 31.4 Å². The molecule has 0 heterocycles. The molecular formula is C13H6F5O2. The summed E-state index contributed by atoms with van der Waals surface area (Å²) >= 11 is 0. The van der Waals surface area contributed by atoms with Crippen LogP contribution in [-0.4, -0.2) is 6.36 Å². The second kappa shape index (κ2) is 5.36. The molecule has 2 aromatic rings. The van der Waals surface area contributed by atoms with E-state index in [2.05, 4.69) is 10.8 Å². The Hall–Kier alpha value is -2.31. The van der Waals surface area contributed by atoms with Gasteiger partial charge in [-0.15, -0.1) is 13.2 Å². The summed E-state index contributed by atoms with van der Waals surface area (Å²) < 4.78 is 71.0. The van der Waals surface area contributed by atoms with Crippen LogP contribution in [0.2, 0.25) is 0 Å². The molecule has 2 rings (SSSR count). The number of benzene rings is 2. The van der Waals surface area contributed by atoms with Crippen LogP contribution in [0, 0.1) is 17.7 Å². The first-order valence-electron chi connectivity index (χ1n) is 5.24. The molecule has 0 unspecified atom stereocenters. The van der Waals surface area contributed by atoms with Gasteiger partial charge in [-0.2, -0.15) is 4.39 Å². The summed E-state index contributed by atoms with van der Waals surface area (Å²) in [6, 6.07) is 8.61. The highest BCUT2D eigenvalue weighted by molar-refractivity contribution is 5.36.